The van der Waals surface area contributed by atoms with E-state index in [-0.39, 0.29) is 12.0 Å². The Morgan fingerprint density at radius 3 is 2.81 bits per heavy atom. The summed E-state index contributed by atoms with van der Waals surface area (Å²) in [6.45, 7) is 2.33. The van der Waals surface area contributed by atoms with Gasteiger partial charge in [-0.15, -0.1) is 0 Å². The fourth-order valence-corrected chi connectivity index (χ4v) is 1.80. The molecule has 0 fully saturated rings. The lowest BCUT2D eigenvalue weighted by molar-refractivity contribution is 0.0949. The Morgan fingerprint density at radius 2 is 2.19 bits per heavy atom. The standard InChI is InChI=1S/C12H16BrNO2/c1-9(15)5-4-8-14-12(16)10-6-2-3-7-11(10)13/h2-3,6-7,9,15H,4-5,8H2,1H3,(H,14,16). The number of nitrogens with one attached hydrogen (secondary N) is 1. The maximum atomic E-state index is 11.7. The maximum absolute atomic E-state index is 11.7. The molecule has 0 aromatic heterocycles. The number of aliphatic hydroxyl groups excluding tert-OH is 1. The topological polar surface area (TPSA) is 49.3 Å². The molecule has 1 aromatic rings. The highest BCUT2D eigenvalue weighted by Crippen LogP contribution is 2.15. The summed E-state index contributed by atoms with van der Waals surface area (Å²) in [5.74, 6) is -0.0851. The third-order valence-electron chi connectivity index (χ3n) is 2.20. The quantitative estimate of drug-likeness (QED) is 0.816. The average molecular weight is 286 g/mol. The van der Waals surface area contributed by atoms with E-state index < -0.39 is 0 Å². The molecule has 0 aliphatic heterocycles. The maximum Gasteiger partial charge on any atom is 0.252 e. The minimum absolute atomic E-state index is 0.0851. The SMILES string of the molecule is CC(O)CCCNC(=O)c1ccccc1Br. The number of rotatable bonds is 5. The first-order chi connectivity index (χ1) is 7.61. The largest absolute Gasteiger partial charge is 0.393 e. The van der Waals surface area contributed by atoms with Gasteiger partial charge in [0.2, 0.25) is 0 Å². The van der Waals surface area contributed by atoms with Gasteiger partial charge in [0, 0.05) is 11.0 Å². The van der Waals surface area contributed by atoms with Crippen LogP contribution in [-0.2, 0) is 0 Å². The molecule has 0 saturated heterocycles. The van der Waals surface area contributed by atoms with Gasteiger partial charge in [-0.1, -0.05) is 12.1 Å². The van der Waals surface area contributed by atoms with Crippen molar-refractivity contribution < 1.29 is 9.90 Å². The van der Waals surface area contributed by atoms with Crippen molar-refractivity contribution in [2.75, 3.05) is 6.54 Å². The Hall–Kier alpha value is -0.870. The van der Waals surface area contributed by atoms with E-state index in [1.54, 1.807) is 13.0 Å². The Bertz CT molecular complexity index is 353. The second-order valence-corrected chi connectivity index (χ2v) is 4.58. The summed E-state index contributed by atoms with van der Waals surface area (Å²) in [6, 6.07) is 7.31. The summed E-state index contributed by atoms with van der Waals surface area (Å²) >= 11 is 3.33. The number of hydrogen-bond acceptors (Lipinski definition) is 2. The van der Waals surface area contributed by atoms with Gasteiger partial charge >= 0.3 is 0 Å². The summed E-state index contributed by atoms with van der Waals surface area (Å²) in [7, 11) is 0. The van der Waals surface area contributed by atoms with Gasteiger partial charge in [-0.2, -0.15) is 0 Å². The molecule has 0 aliphatic rings. The first-order valence-electron chi connectivity index (χ1n) is 5.32. The molecule has 1 aromatic carbocycles. The second-order valence-electron chi connectivity index (χ2n) is 3.73. The average Bonchev–Trinajstić information content (AvgIpc) is 2.24. The molecule has 1 unspecified atom stereocenters. The Labute approximate surface area is 104 Å². The van der Waals surface area contributed by atoms with Crippen LogP contribution in [0.2, 0.25) is 0 Å². The number of carbonyl (C=O) groups excluding carboxylic acids is 1. The van der Waals surface area contributed by atoms with Crippen molar-refractivity contribution in [3.05, 3.63) is 34.3 Å². The molecular weight excluding hydrogens is 270 g/mol. The zero-order chi connectivity index (χ0) is 12.0. The van der Waals surface area contributed by atoms with Gasteiger partial charge in [-0.25, -0.2) is 0 Å². The van der Waals surface area contributed by atoms with E-state index in [0.29, 0.717) is 18.5 Å². The molecule has 3 nitrogen and oxygen atoms in total. The van der Waals surface area contributed by atoms with Crippen LogP contribution in [0.5, 0.6) is 0 Å². The highest BCUT2D eigenvalue weighted by molar-refractivity contribution is 9.10. The van der Waals surface area contributed by atoms with Crippen LogP contribution in [-0.4, -0.2) is 23.7 Å². The van der Waals surface area contributed by atoms with Crippen LogP contribution < -0.4 is 5.32 Å². The Balaban J connectivity index is 2.39. The molecule has 4 heteroatoms. The van der Waals surface area contributed by atoms with E-state index in [0.717, 1.165) is 10.9 Å². The van der Waals surface area contributed by atoms with Crippen molar-refractivity contribution in [1.29, 1.82) is 0 Å². The van der Waals surface area contributed by atoms with Crippen LogP contribution in [0.1, 0.15) is 30.1 Å². The molecule has 88 valence electrons. The van der Waals surface area contributed by atoms with Crippen LogP contribution >= 0.6 is 15.9 Å². The number of amides is 1. The van der Waals surface area contributed by atoms with Crippen LogP contribution in [0, 0.1) is 0 Å². The number of carbonyl (C=O) groups is 1. The summed E-state index contributed by atoms with van der Waals surface area (Å²) in [5.41, 5.74) is 0.638. The third-order valence-corrected chi connectivity index (χ3v) is 2.89. The van der Waals surface area contributed by atoms with Crippen LogP contribution in [0.3, 0.4) is 0 Å². The molecule has 0 heterocycles. The number of hydrogen-bond donors (Lipinski definition) is 2. The third kappa shape index (κ3) is 4.33. The fraction of sp³-hybridized carbons (Fsp3) is 0.417. The highest BCUT2D eigenvalue weighted by atomic mass is 79.9. The van der Waals surface area contributed by atoms with Crippen LogP contribution in [0.4, 0.5) is 0 Å². The molecule has 0 aliphatic carbocycles. The normalized spacial score (nSPS) is 12.2. The Morgan fingerprint density at radius 1 is 1.50 bits per heavy atom. The lowest BCUT2D eigenvalue weighted by Gasteiger charge is -2.07. The first-order valence-corrected chi connectivity index (χ1v) is 6.11. The molecule has 0 spiro atoms. The lowest BCUT2D eigenvalue weighted by Crippen LogP contribution is -2.25. The molecule has 0 bridgehead atoms. The van der Waals surface area contributed by atoms with E-state index in [2.05, 4.69) is 21.2 Å². The smallest absolute Gasteiger partial charge is 0.252 e. The molecule has 2 N–H and O–H groups in total. The number of halogens is 1. The number of aliphatic hydroxyl groups is 1. The minimum atomic E-state index is -0.305. The minimum Gasteiger partial charge on any atom is -0.393 e. The van der Waals surface area contributed by atoms with Gasteiger partial charge in [-0.05, 0) is 47.8 Å². The molecule has 1 atom stereocenters. The first kappa shape index (κ1) is 13.2. The Kier molecular flexibility index (Phi) is 5.49. The van der Waals surface area contributed by atoms with E-state index in [4.69, 9.17) is 5.11 Å². The van der Waals surface area contributed by atoms with Crippen LogP contribution in [0.15, 0.2) is 28.7 Å². The summed E-state index contributed by atoms with van der Waals surface area (Å²) in [5, 5.41) is 11.9. The fourth-order valence-electron chi connectivity index (χ4n) is 1.34. The summed E-state index contributed by atoms with van der Waals surface area (Å²) in [6.07, 6.45) is 1.18. The molecule has 1 amide bonds. The van der Waals surface area contributed by atoms with Crippen molar-refractivity contribution in [3.8, 4) is 0 Å². The van der Waals surface area contributed by atoms with E-state index in [1.165, 1.54) is 0 Å². The molecule has 0 radical (unpaired) electrons. The van der Waals surface area contributed by atoms with Gasteiger partial charge in [0.25, 0.3) is 5.91 Å². The number of benzene rings is 1. The van der Waals surface area contributed by atoms with Gasteiger partial charge in [0.05, 0.1) is 11.7 Å². The second kappa shape index (κ2) is 6.66. The molecule has 16 heavy (non-hydrogen) atoms. The summed E-state index contributed by atoms with van der Waals surface area (Å²) < 4.78 is 0.794. The lowest BCUT2D eigenvalue weighted by atomic mass is 10.2. The van der Waals surface area contributed by atoms with Crippen molar-refractivity contribution in [3.63, 3.8) is 0 Å². The predicted molar refractivity (Wildman–Crippen MR) is 67.4 cm³/mol. The molecule has 0 saturated carbocycles. The van der Waals surface area contributed by atoms with Crippen molar-refractivity contribution >= 4 is 21.8 Å². The van der Waals surface area contributed by atoms with Gasteiger partial charge in [-0.3, -0.25) is 4.79 Å². The predicted octanol–water partition coefficient (Wildman–Crippen LogP) is 2.34. The van der Waals surface area contributed by atoms with E-state index in [1.807, 2.05) is 18.2 Å². The zero-order valence-electron chi connectivity index (χ0n) is 9.24. The van der Waals surface area contributed by atoms with Gasteiger partial charge in [0.15, 0.2) is 0 Å². The summed E-state index contributed by atoms with van der Waals surface area (Å²) in [4.78, 5) is 11.7. The van der Waals surface area contributed by atoms with Crippen LogP contribution in [0.25, 0.3) is 0 Å². The monoisotopic (exact) mass is 285 g/mol. The van der Waals surface area contributed by atoms with Crippen molar-refractivity contribution in [1.82, 2.24) is 5.32 Å². The molecule has 1 rings (SSSR count). The van der Waals surface area contributed by atoms with Crippen molar-refractivity contribution in [2.24, 2.45) is 0 Å². The zero-order valence-corrected chi connectivity index (χ0v) is 10.8. The van der Waals surface area contributed by atoms with Crippen molar-refractivity contribution in [2.45, 2.75) is 25.9 Å². The van der Waals surface area contributed by atoms with Gasteiger partial charge < -0.3 is 10.4 Å². The molecular formula is C12H16BrNO2. The highest BCUT2D eigenvalue weighted by Gasteiger charge is 2.07. The van der Waals surface area contributed by atoms with E-state index in [9.17, 15) is 4.79 Å². The van der Waals surface area contributed by atoms with E-state index >= 15 is 0 Å². The van der Waals surface area contributed by atoms with Gasteiger partial charge in [0.1, 0.15) is 0 Å².